The fourth-order valence-corrected chi connectivity index (χ4v) is 2.23. The first-order chi connectivity index (χ1) is 12.6. The van der Waals surface area contributed by atoms with Gasteiger partial charge in [-0.1, -0.05) is 0 Å². The average molecular weight is 347 g/mol. The van der Waals surface area contributed by atoms with Crippen molar-refractivity contribution in [2.45, 2.75) is 6.92 Å². The number of pyridine rings is 2. The normalized spacial score (nSPS) is 10.0. The van der Waals surface area contributed by atoms with Gasteiger partial charge in [0.05, 0.1) is 17.4 Å². The summed E-state index contributed by atoms with van der Waals surface area (Å²) in [4.78, 5) is 31.3. The third kappa shape index (κ3) is 4.64. The second-order valence-corrected chi connectivity index (χ2v) is 5.51. The molecule has 0 saturated carbocycles. The van der Waals surface area contributed by atoms with Crippen molar-refractivity contribution in [1.82, 2.24) is 9.97 Å². The van der Waals surface area contributed by atoms with Crippen LogP contribution in [0.3, 0.4) is 0 Å². The number of amides is 2. The molecule has 2 heterocycles. The zero-order valence-electron chi connectivity index (χ0n) is 14.1. The van der Waals surface area contributed by atoms with Crippen LogP contribution in [0.25, 0.3) is 0 Å². The third-order valence-electron chi connectivity index (χ3n) is 3.42. The van der Waals surface area contributed by atoms with Gasteiger partial charge in [-0.25, -0.2) is 4.98 Å². The quantitative estimate of drug-likeness (QED) is 0.657. The highest BCUT2D eigenvalue weighted by atomic mass is 16.2. The van der Waals surface area contributed by atoms with Gasteiger partial charge in [0, 0.05) is 30.7 Å². The van der Waals surface area contributed by atoms with Crippen LogP contribution < -0.4 is 16.0 Å². The topological polar surface area (TPSA) is 96.0 Å². The van der Waals surface area contributed by atoms with Crippen LogP contribution in [0.1, 0.15) is 17.3 Å². The molecule has 130 valence electrons. The molecule has 7 heteroatoms. The number of aromatic nitrogens is 2. The highest BCUT2D eigenvalue weighted by Crippen LogP contribution is 2.19. The molecule has 0 aliphatic heterocycles. The molecular weight excluding hydrogens is 330 g/mol. The third-order valence-corrected chi connectivity index (χ3v) is 3.42. The van der Waals surface area contributed by atoms with Crippen LogP contribution in [0, 0.1) is 0 Å². The summed E-state index contributed by atoms with van der Waals surface area (Å²) in [6, 6.07) is 14.2. The Kier molecular flexibility index (Phi) is 5.19. The number of hydrogen-bond acceptors (Lipinski definition) is 5. The van der Waals surface area contributed by atoms with Crippen molar-refractivity contribution in [3.05, 3.63) is 72.7 Å². The van der Waals surface area contributed by atoms with E-state index in [1.54, 1.807) is 48.8 Å². The standard InChI is InChI=1S/C19H17N5O2/c1-13(25)22-15-4-6-16(7-5-15)23-18-9-8-17(12-21-18)24-19(26)14-3-2-10-20-11-14/h2-12H,1H3,(H,21,23)(H,22,25)(H,24,26). The minimum absolute atomic E-state index is 0.115. The summed E-state index contributed by atoms with van der Waals surface area (Å²) in [5.74, 6) is 0.280. The highest BCUT2D eigenvalue weighted by molar-refractivity contribution is 6.03. The number of rotatable bonds is 5. The highest BCUT2D eigenvalue weighted by Gasteiger charge is 2.06. The van der Waals surface area contributed by atoms with E-state index in [-0.39, 0.29) is 11.8 Å². The molecule has 0 aliphatic rings. The summed E-state index contributed by atoms with van der Waals surface area (Å²) in [6.45, 7) is 1.46. The summed E-state index contributed by atoms with van der Waals surface area (Å²) in [6.07, 6.45) is 4.69. The molecule has 3 N–H and O–H groups in total. The van der Waals surface area contributed by atoms with Gasteiger partial charge in [0.25, 0.3) is 5.91 Å². The van der Waals surface area contributed by atoms with Crippen molar-refractivity contribution in [2.24, 2.45) is 0 Å². The van der Waals surface area contributed by atoms with E-state index in [1.807, 2.05) is 12.1 Å². The molecule has 2 aromatic heterocycles. The lowest BCUT2D eigenvalue weighted by molar-refractivity contribution is -0.114. The molecule has 0 atom stereocenters. The predicted molar refractivity (Wildman–Crippen MR) is 100 cm³/mol. The summed E-state index contributed by atoms with van der Waals surface area (Å²) in [5, 5.41) is 8.62. The van der Waals surface area contributed by atoms with E-state index in [0.717, 1.165) is 11.4 Å². The van der Waals surface area contributed by atoms with E-state index in [2.05, 4.69) is 25.9 Å². The Balaban J connectivity index is 1.61. The maximum absolute atomic E-state index is 12.1. The first-order valence-corrected chi connectivity index (χ1v) is 7.92. The average Bonchev–Trinajstić information content (AvgIpc) is 2.65. The largest absolute Gasteiger partial charge is 0.340 e. The molecule has 0 spiro atoms. The molecule has 3 aromatic rings. The first kappa shape index (κ1) is 17.1. The van der Waals surface area contributed by atoms with Crippen molar-refractivity contribution in [2.75, 3.05) is 16.0 Å². The van der Waals surface area contributed by atoms with E-state index >= 15 is 0 Å². The zero-order chi connectivity index (χ0) is 18.4. The molecule has 26 heavy (non-hydrogen) atoms. The van der Waals surface area contributed by atoms with Crippen LogP contribution in [0.5, 0.6) is 0 Å². The number of nitrogens with one attached hydrogen (secondary N) is 3. The Morgan fingerprint density at radius 1 is 0.846 bits per heavy atom. The minimum Gasteiger partial charge on any atom is -0.340 e. The summed E-state index contributed by atoms with van der Waals surface area (Å²) >= 11 is 0. The Morgan fingerprint density at radius 2 is 1.58 bits per heavy atom. The maximum atomic E-state index is 12.1. The second kappa shape index (κ2) is 7.89. The van der Waals surface area contributed by atoms with Crippen molar-refractivity contribution >= 4 is 34.7 Å². The molecule has 7 nitrogen and oxygen atoms in total. The molecule has 0 saturated heterocycles. The molecule has 0 aliphatic carbocycles. The number of benzene rings is 1. The van der Waals surface area contributed by atoms with Gasteiger partial charge in [-0.2, -0.15) is 0 Å². The molecular formula is C19H17N5O2. The van der Waals surface area contributed by atoms with Crippen LogP contribution in [0.4, 0.5) is 22.9 Å². The fraction of sp³-hybridized carbons (Fsp3) is 0.0526. The van der Waals surface area contributed by atoms with Gasteiger partial charge in [0.15, 0.2) is 0 Å². The van der Waals surface area contributed by atoms with Gasteiger partial charge in [-0.05, 0) is 48.5 Å². The van der Waals surface area contributed by atoms with Crippen molar-refractivity contribution < 1.29 is 9.59 Å². The van der Waals surface area contributed by atoms with Crippen molar-refractivity contribution in [3.63, 3.8) is 0 Å². The Labute approximate surface area is 150 Å². The van der Waals surface area contributed by atoms with E-state index in [9.17, 15) is 9.59 Å². The summed E-state index contributed by atoms with van der Waals surface area (Å²) in [5.41, 5.74) is 2.63. The van der Waals surface area contributed by atoms with Crippen LogP contribution in [-0.4, -0.2) is 21.8 Å². The lowest BCUT2D eigenvalue weighted by Crippen LogP contribution is -2.12. The van der Waals surface area contributed by atoms with Gasteiger partial charge < -0.3 is 16.0 Å². The number of carbonyl (C=O) groups is 2. The summed E-state index contributed by atoms with van der Waals surface area (Å²) < 4.78 is 0. The monoisotopic (exact) mass is 347 g/mol. The Hall–Kier alpha value is -3.74. The Morgan fingerprint density at radius 3 is 2.19 bits per heavy atom. The first-order valence-electron chi connectivity index (χ1n) is 7.92. The minimum atomic E-state index is -0.242. The van der Waals surface area contributed by atoms with Crippen LogP contribution >= 0.6 is 0 Å². The molecule has 2 amide bonds. The SMILES string of the molecule is CC(=O)Nc1ccc(Nc2ccc(NC(=O)c3cccnc3)cn2)cc1. The molecule has 0 unspecified atom stereocenters. The zero-order valence-corrected chi connectivity index (χ0v) is 14.1. The number of carbonyl (C=O) groups excluding carboxylic acids is 2. The lowest BCUT2D eigenvalue weighted by Gasteiger charge is -2.09. The predicted octanol–water partition coefficient (Wildman–Crippen LogP) is 3.43. The number of nitrogens with zero attached hydrogens (tertiary/aromatic N) is 2. The second-order valence-electron chi connectivity index (χ2n) is 5.51. The number of hydrogen-bond donors (Lipinski definition) is 3. The molecule has 0 fully saturated rings. The van der Waals surface area contributed by atoms with Crippen LogP contribution in [0.15, 0.2) is 67.1 Å². The Bertz CT molecular complexity index is 893. The molecule has 3 rings (SSSR count). The van der Waals surface area contributed by atoms with Crippen LogP contribution in [-0.2, 0) is 4.79 Å². The molecule has 1 aromatic carbocycles. The van der Waals surface area contributed by atoms with Crippen LogP contribution in [0.2, 0.25) is 0 Å². The molecule has 0 radical (unpaired) electrons. The van der Waals surface area contributed by atoms with E-state index in [4.69, 9.17) is 0 Å². The van der Waals surface area contributed by atoms with E-state index < -0.39 is 0 Å². The number of anilines is 4. The molecule has 0 bridgehead atoms. The van der Waals surface area contributed by atoms with Gasteiger partial charge in [-0.15, -0.1) is 0 Å². The van der Waals surface area contributed by atoms with Gasteiger partial charge in [-0.3, -0.25) is 14.6 Å². The lowest BCUT2D eigenvalue weighted by atomic mass is 10.2. The van der Waals surface area contributed by atoms with Gasteiger partial charge >= 0.3 is 0 Å². The van der Waals surface area contributed by atoms with Gasteiger partial charge in [0.1, 0.15) is 5.82 Å². The van der Waals surface area contributed by atoms with Crippen molar-refractivity contribution in [1.29, 1.82) is 0 Å². The maximum Gasteiger partial charge on any atom is 0.257 e. The smallest absolute Gasteiger partial charge is 0.257 e. The van der Waals surface area contributed by atoms with Crippen molar-refractivity contribution in [3.8, 4) is 0 Å². The summed E-state index contributed by atoms with van der Waals surface area (Å²) in [7, 11) is 0. The van der Waals surface area contributed by atoms with E-state index in [1.165, 1.54) is 13.1 Å². The fourth-order valence-electron chi connectivity index (χ4n) is 2.23. The van der Waals surface area contributed by atoms with E-state index in [0.29, 0.717) is 17.1 Å². The van der Waals surface area contributed by atoms with Gasteiger partial charge in [0.2, 0.25) is 5.91 Å².